The van der Waals surface area contributed by atoms with Crippen LogP contribution in [0.15, 0.2) is 0 Å². The summed E-state index contributed by atoms with van der Waals surface area (Å²) in [5.74, 6) is 0.0498. The zero-order chi connectivity index (χ0) is 13.9. The fourth-order valence-electron chi connectivity index (χ4n) is 1.26. The molecular formula is C10H11Cl2F3N2O. The lowest BCUT2D eigenvalue weighted by molar-refractivity contribution is -0.177. The Hall–Kier alpha value is -0.590. The third-order valence-electron chi connectivity index (χ3n) is 1.97. The molecular weight excluding hydrogens is 292 g/mol. The molecule has 0 N–H and O–H groups in total. The SMILES string of the molecule is CC(C)c1c(Cl)nc(COCC(F)(F)F)nc1Cl. The molecule has 1 aromatic rings. The van der Waals surface area contributed by atoms with Crippen LogP contribution in [0.5, 0.6) is 0 Å². The molecule has 0 aliphatic heterocycles. The van der Waals surface area contributed by atoms with E-state index >= 15 is 0 Å². The smallest absolute Gasteiger partial charge is 0.364 e. The Morgan fingerprint density at radius 1 is 1.17 bits per heavy atom. The summed E-state index contributed by atoms with van der Waals surface area (Å²) in [6.07, 6.45) is -4.38. The first-order valence-electron chi connectivity index (χ1n) is 5.07. The molecule has 0 aliphatic rings. The van der Waals surface area contributed by atoms with Gasteiger partial charge in [-0.05, 0) is 5.92 Å². The fourth-order valence-corrected chi connectivity index (χ4v) is 2.12. The summed E-state index contributed by atoms with van der Waals surface area (Å²) in [5.41, 5.74) is 0.568. The van der Waals surface area contributed by atoms with Crippen molar-refractivity contribution in [1.82, 2.24) is 9.97 Å². The van der Waals surface area contributed by atoms with Gasteiger partial charge in [0, 0.05) is 5.56 Å². The number of alkyl halides is 3. The van der Waals surface area contributed by atoms with Gasteiger partial charge in [-0.2, -0.15) is 13.2 Å². The Morgan fingerprint density at radius 2 is 1.67 bits per heavy atom. The summed E-state index contributed by atoms with van der Waals surface area (Å²) >= 11 is 11.8. The minimum atomic E-state index is -4.38. The molecule has 3 nitrogen and oxygen atoms in total. The van der Waals surface area contributed by atoms with E-state index in [1.54, 1.807) is 0 Å². The topological polar surface area (TPSA) is 35.0 Å². The molecule has 0 unspecified atom stereocenters. The zero-order valence-electron chi connectivity index (χ0n) is 9.68. The van der Waals surface area contributed by atoms with Gasteiger partial charge in [0.05, 0.1) is 0 Å². The van der Waals surface area contributed by atoms with Crippen molar-refractivity contribution in [3.63, 3.8) is 0 Å². The Labute approximate surface area is 112 Å². The predicted molar refractivity (Wildman–Crippen MR) is 61.9 cm³/mol. The fraction of sp³-hybridized carbons (Fsp3) is 0.600. The maximum Gasteiger partial charge on any atom is 0.411 e. The van der Waals surface area contributed by atoms with E-state index in [-0.39, 0.29) is 22.0 Å². The summed E-state index contributed by atoms with van der Waals surface area (Å²) in [5, 5.41) is 0.270. The Morgan fingerprint density at radius 3 is 2.06 bits per heavy atom. The molecule has 0 saturated carbocycles. The molecule has 0 bridgehead atoms. The van der Waals surface area contributed by atoms with Crippen molar-refractivity contribution in [3.8, 4) is 0 Å². The average molecular weight is 303 g/mol. The van der Waals surface area contributed by atoms with E-state index in [4.69, 9.17) is 23.2 Å². The van der Waals surface area contributed by atoms with Crippen molar-refractivity contribution < 1.29 is 17.9 Å². The number of hydrogen-bond donors (Lipinski definition) is 0. The molecule has 0 saturated heterocycles. The molecule has 0 aromatic carbocycles. The third kappa shape index (κ3) is 4.59. The quantitative estimate of drug-likeness (QED) is 0.789. The van der Waals surface area contributed by atoms with Crippen molar-refractivity contribution in [3.05, 3.63) is 21.7 Å². The van der Waals surface area contributed by atoms with Crippen molar-refractivity contribution in [1.29, 1.82) is 0 Å². The molecule has 0 radical (unpaired) electrons. The molecule has 1 heterocycles. The van der Waals surface area contributed by atoms with Gasteiger partial charge in [0.2, 0.25) is 0 Å². The predicted octanol–water partition coefficient (Wildman–Crippen LogP) is 3.99. The largest absolute Gasteiger partial charge is 0.411 e. The molecule has 102 valence electrons. The van der Waals surface area contributed by atoms with Crippen LogP contribution in [-0.2, 0) is 11.3 Å². The molecule has 0 amide bonds. The van der Waals surface area contributed by atoms with Crippen LogP contribution in [0, 0.1) is 0 Å². The highest BCUT2D eigenvalue weighted by Crippen LogP contribution is 2.28. The molecule has 0 aliphatic carbocycles. The second-order valence-corrected chi connectivity index (χ2v) is 4.61. The van der Waals surface area contributed by atoms with Crippen molar-refractivity contribution in [2.75, 3.05) is 6.61 Å². The zero-order valence-corrected chi connectivity index (χ0v) is 11.2. The highest BCUT2D eigenvalue weighted by Gasteiger charge is 2.27. The van der Waals surface area contributed by atoms with Gasteiger partial charge in [0.25, 0.3) is 0 Å². The number of ether oxygens (including phenoxy) is 1. The summed E-state index contributed by atoms with van der Waals surface area (Å²) in [6.45, 7) is 1.96. The maximum absolute atomic E-state index is 11.9. The first-order chi connectivity index (χ1) is 8.20. The van der Waals surface area contributed by atoms with Crippen molar-refractivity contribution in [2.24, 2.45) is 0 Å². The first-order valence-corrected chi connectivity index (χ1v) is 5.82. The van der Waals surface area contributed by atoms with E-state index in [0.29, 0.717) is 5.56 Å². The van der Waals surface area contributed by atoms with Crippen LogP contribution < -0.4 is 0 Å². The lowest BCUT2D eigenvalue weighted by Crippen LogP contribution is -2.17. The van der Waals surface area contributed by atoms with Gasteiger partial charge in [-0.3, -0.25) is 0 Å². The second-order valence-electron chi connectivity index (χ2n) is 3.90. The van der Waals surface area contributed by atoms with Gasteiger partial charge in [-0.25, -0.2) is 9.97 Å². The van der Waals surface area contributed by atoms with Crippen molar-refractivity contribution in [2.45, 2.75) is 32.5 Å². The van der Waals surface area contributed by atoms with Crippen LogP contribution in [0.3, 0.4) is 0 Å². The van der Waals surface area contributed by atoms with Gasteiger partial charge in [0.1, 0.15) is 23.5 Å². The standard InChI is InChI=1S/C10H11Cl2F3N2O/c1-5(2)7-8(11)16-6(17-9(7)12)3-18-4-10(13,14)15/h5H,3-4H2,1-2H3. The summed E-state index contributed by atoms with van der Waals surface area (Å²) in [7, 11) is 0. The molecule has 1 rings (SSSR count). The second kappa shape index (κ2) is 6.04. The van der Waals surface area contributed by atoms with E-state index in [1.807, 2.05) is 13.8 Å². The Balaban J connectivity index is 2.75. The number of hydrogen-bond acceptors (Lipinski definition) is 3. The monoisotopic (exact) mass is 302 g/mol. The third-order valence-corrected chi connectivity index (χ3v) is 2.55. The van der Waals surface area contributed by atoms with E-state index < -0.39 is 19.4 Å². The van der Waals surface area contributed by atoms with Gasteiger partial charge >= 0.3 is 6.18 Å². The highest BCUT2D eigenvalue weighted by molar-refractivity contribution is 6.34. The summed E-state index contributed by atoms with van der Waals surface area (Å²) in [4.78, 5) is 7.70. The number of rotatable bonds is 4. The highest BCUT2D eigenvalue weighted by atomic mass is 35.5. The van der Waals surface area contributed by atoms with Crippen LogP contribution in [0.25, 0.3) is 0 Å². The molecule has 8 heteroatoms. The van der Waals surface area contributed by atoms with Gasteiger partial charge in [-0.1, -0.05) is 37.0 Å². The van der Waals surface area contributed by atoms with Crippen molar-refractivity contribution >= 4 is 23.2 Å². The minimum Gasteiger partial charge on any atom is -0.364 e. The average Bonchev–Trinajstić information content (AvgIpc) is 2.13. The number of nitrogens with zero attached hydrogens (tertiary/aromatic N) is 2. The van der Waals surface area contributed by atoms with Crippen LogP contribution in [0.4, 0.5) is 13.2 Å². The Kier molecular flexibility index (Phi) is 5.19. The molecule has 0 spiro atoms. The molecule has 18 heavy (non-hydrogen) atoms. The Bertz CT molecular complexity index is 401. The normalized spacial score (nSPS) is 12.2. The van der Waals surface area contributed by atoms with E-state index in [0.717, 1.165) is 0 Å². The van der Waals surface area contributed by atoms with E-state index in [9.17, 15) is 13.2 Å². The van der Waals surface area contributed by atoms with Gasteiger partial charge < -0.3 is 4.74 Å². The van der Waals surface area contributed by atoms with Crippen LogP contribution >= 0.6 is 23.2 Å². The lowest BCUT2D eigenvalue weighted by Gasteiger charge is -2.11. The molecule has 0 atom stereocenters. The van der Waals surface area contributed by atoms with Gasteiger partial charge in [-0.15, -0.1) is 0 Å². The summed E-state index contributed by atoms with van der Waals surface area (Å²) < 4.78 is 40.0. The number of aromatic nitrogens is 2. The van der Waals surface area contributed by atoms with E-state index in [2.05, 4.69) is 14.7 Å². The van der Waals surface area contributed by atoms with Gasteiger partial charge in [0.15, 0.2) is 5.82 Å². The van der Waals surface area contributed by atoms with Crippen LogP contribution in [0.2, 0.25) is 10.3 Å². The first kappa shape index (κ1) is 15.5. The van der Waals surface area contributed by atoms with Crippen LogP contribution in [-0.4, -0.2) is 22.8 Å². The minimum absolute atomic E-state index is 0.0233. The van der Waals surface area contributed by atoms with Crippen LogP contribution in [0.1, 0.15) is 31.2 Å². The van der Waals surface area contributed by atoms with E-state index in [1.165, 1.54) is 0 Å². The molecule has 1 aromatic heterocycles. The lowest BCUT2D eigenvalue weighted by atomic mass is 10.1. The summed E-state index contributed by atoms with van der Waals surface area (Å²) in [6, 6.07) is 0. The molecule has 0 fully saturated rings. The number of halogens is 5. The maximum atomic E-state index is 11.9.